The highest BCUT2D eigenvalue weighted by Crippen LogP contribution is 2.55. The SMILES string of the molecule is CC1(C)c2ccc(-c3ccc(-c4c5ccccc5c(-c5cc6ccc7ccccc7c6c6ccccc56)c5ccccc45)cc3)cc2-c2c1c1ccccc1c1ccccc21. The third-order valence-electron chi connectivity index (χ3n) is 14.0. The van der Waals surface area contributed by atoms with Crippen molar-refractivity contribution in [2.45, 2.75) is 19.3 Å². The van der Waals surface area contributed by atoms with Crippen LogP contribution in [-0.4, -0.2) is 0 Å². The van der Waals surface area contributed by atoms with Gasteiger partial charge in [-0.25, -0.2) is 0 Å². The van der Waals surface area contributed by atoms with Gasteiger partial charge in [0.2, 0.25) is 0 Å². The maximum atomic E-state index is 2.45. The smallest absolute Gasteiger partial charge is 0.0165 e. The molecule has 0 heteroatoms. The Morgan fingerprint density at radius 2 is 0.738 bits per heavy atom. The first kappa shape index (κ1) is 34.3. The molecule has 0 aliphatic heterocycles. The molecule has 13 rings (SSSR count). The van der Waals surface area contributed by atoms with Crippen LogP contribution in [-0.2, 0) is 5.41 Å². The molecule has 12 aromatic rings. The van der Waals surface area contributed by atoms with E-state index in [9.17, 15) is 0 Å². The summed E-state index contributed by atoms with van der Waals surface area (Å²) in [4.78, 5) is 0. The van der Waals surface area contributed by atoms with E-state index in [1.54, 1.807) is 0 Å². The number of hydrogen-bond acceptors (Lipinski definition) is 0. The van der Waals surface area contributed by atoms with E-state index in [4.69, 9.17) is 0 Å². The lowest BCUT2D eigenvalue weighted by Crippen LogP contribution is -2.15. The fraction of sp³-hybridized carbons (Fsp3) is 0.0492. The summed E-state index contributed by atoms with van der Waals surface area (Å²) in [6.45, 7) is 4.80. The molecule has 0 heterocycles. The van der Waals surface area contributed by atoms with Crippen LogP contribution in [0.5, 0.6) is 0 Å². The second kappa shape index (κ2) is 12.7. The average molecular weight is 773 g/mol. The Kier molecular flexibility index (Phi) is 7.17. The molecule has 0 fully saturated rings. The highest BCUT2D eigenvalue weighted by atomic mass is 14.4. The molecule has 12 aromatic carbocycles. The van der Waals surface area contributed by atoms with E-state index in [2.05, 4.69) is 220 Å². The summed E-state index contributed by atoms with van der Waals surface area (Å²) in [6, 6.07) is 77.3. The molecule has 0 atom stereocenters. The van der Waals surface area contributed by atoms with Gasteiger partial charge in [0.1, 0.15) is 0 Å². The van der Waals surface area contributed by atoms with Crippen molar-refractivity contribution in [3.05, 3.63) is 217 Å². The molecule has 1 aliphatic carbocycles. The number of benzene rings is 12. The Morgan fingerprint density at radius 1 is 0.279 bits per heavy atom. The normalized spacial score (nSPS) is 13.2. The van der Waals surface area contributed by atoms with Crippen LogP contribution in [0.2, 0.25) is 0 Å². The van der Waals surface area contributed by atoms with E-state index in [-0.39, 0.29) is 5.41 Å². The maximum absolute atomic E-state index is 2.45. The number of hydrogen-bond donors (Lipinski definition) is 0. The molecule has 61 heavy (non-hydrogen) atoms. The minimum Gasteiger partial charge on any atom is -0.0616 e. The third-order valence-corrected chi connectivity index (χ3v) is 14.0. The van der Waals surface area contributed by atoms with Gasteiger partial charge < -0.3 is 0 Å². The van der Waals surface area contributed by atoms with Gasteiger partial charge in [0, 0.05) is 5.41 Å². The predicted molar refractivity (Wildman–Crippen MR) is 263 cm³/mol. The van der Waals surface area contributed by atoms with Crippen LogP contribution in [0.15, 0.2) is 206 Å². The lowest BCUT2D eigenvalue weighted by molar-refractivity contribution is 0.666. The van der Waals surface area contributed by atoms with Gasteiger partial charge in [-0.15, -0.1) is 0 Å². The van der Waals surface area contributed by atoms with Crippen molar-refractivity contribution in [3.63, 3.8) is 0 Å². The summed E-state index contributed by atoms with van der Waals surface area (Å²) in [5.41, 5.74) is 13.0. The zero-order chi connectivity index (χ0) is 40.4. The molecule has 0 unspecified atom stereocenters. The van der Waals surface area contributed by atoms with Crippen LogP contribution in [0.25, 0.3) is 120 Å². The van der Waals surface area contributed by atoms with Gasteiger partial charge in [0.05, 0.1) is 0 Å². The van der Waals surface area contributed by atoms with Crippen LogP contribution >= 0.6 is 0 Å². The number of fused-ring (bicyclic) bond motifs is 15. The van der Waals surface area contributed by atoms with Crippen LogP contribution in [0.1, 0.15) is 25.0 Å². The summed E-state index contributed by atoms with van der Waals surface area (Å²) in [5.74, 6) is 0. The molecule has 0 radical (unpaired) electrons. The molecule has 0 N–H and O–H groups in total. The monoisotopic (exact) mass is 772 g/mol. The van der Waals surface area contributed by atoms with E-state index >= 15 is 0 Å². The van der Waals surface area contributed by atoms with E-state index in [0.717, 1.165) is 0 Å². The summed E-state index contributed by atoms with van der Waals surface area (Å²) in [6.07, 6.45) is 0. The topological polar surface area (TPSA) is 0 Å². The van der Waals surface area contributed by atoms with Gasteiger partial charge in [0.25, 0.3) is 0 Å². The van der Waals surface area contributed by atoms with Crippen LogP contribution < -0.4 is 0 Å². The van der Waals surface area contributed by atoms with Crippen molar-refractivity contribution < 1.29 is 0 Å². The van der Waals surface area contributed by atoms with Crippen molar-refractivity contribution in [1.82, 2.24) is 0 Å². The summed E-state index contributed by atoms with van der Waals surface area (Å²) in [5, 5.41) is 18.1. The highest BCUT2D eigenvalue weighted by Gasteiger charge is 2.38. The summed E-state index contributed by atoms with van der Waals surface area (Å²) < 4.78 is 0. The first-order valence-corrected chi connectivity index (χ1v) is 21.5. The van der Waals surface area contributed by atoms with Crippen molar-refractivity contribution in [2.75, 3.05) is 0 Å². The van der Waals surface area contributed by atoms with Crippen molar-refractivity contribution in [1.29, 1.82) is 0 Å². The molecule has 0 aromatic heterocycles. The van der Waals surface area contributed by atoms with Gasteiger partial charge in [0.15, 0.2) is 0 Å². The second-order valence-corrected chi connectivity index (χ2v) is 17.5. The fourth-order valence-corrected chi connectivity index (χ4v) is 11.3. The lowest BCUT2D eigenvalue weighted by atomic mass is 9.79. The highest BCUT2D eigenvalue weighted by molar-refractivity contribution is 6.28. The summed E-state index contributed by atoms with van der Waals surface area (Å²) >= 11 is 0. The Bertz CT molecular complexity index is 3770. The van der Waals surface area contributed by atoms with Crippen molar-refractivity contribution in [2.24, 2.45) is 0 Å². The zero-order valence-corrected chi connectivity index (χ0v) is 34.1. The minimum absolute atomic E-state index is 0.113. The van der Waals surface area contributed by atoms with Crippen LogP contribution in [0.3, 0.4) is 0 Å². The molecule has 0 saturated carbocycles. The van der Waals surface area contributed by atoms with Crippen molar-refractivity contribution in [3.8, 4) is 44.5 Å². The van der Waals surface area contributed by atoms with E-state index < -0.39 is 0 Å². The molecule has 0 spiro atoms. The summed E-state index contributed by atoms with van der Waals surface area (Å²) in [7, 11) is 0. The first-order valence-electron chi connectivity index (χ1n) is 21.5. The second-order valence-electron chi connectivity index (χ2n) is 17.5. The molecular weight excluding hydrogens is 733 g/mol. The molecule has 0 amide bonds. The standard InChI is InChI=1S/C61H40/c1-61(2)55-34-33-40(35-54(55)59-47-21-9-5-17-43(47)44-18-7-14-26-52(44)60(59)61)37-27-30-39(31-28-37)56-48-22-10-12-24-50(48)58(51-25-13-11-23-49(51)56)53-36-41-32-29-38-15-3-4-16-42(38)57(41)46-20-8-6-19-45(46)53/h3-36H,1-2H3. The van der Waals surface area contributed by atoms with Crippen LogP contribution in [0, 0.1) is 0 Å². The van der Waals surface area contributed by atoms with Crippen molar-refractivity contribution >= 4 is 75.4 Å². The predicted octanol–water partition coefficient (Wildman–Crippen LogP) is 17.1. The lowest BCUT2D eigenvalue weighted by Gasteiger charge is -2.24. The minimum atomic E-state index is -0.113. The van der Waals surface area contributed by atoms with E-state index in [0.29, 0.717) is 0 Å². The Labute approximate surface area is 355 Å². The molecule has 0 nitrogen and oxygen atoms in total. The average Bonchev–Trinajstić information content (AvgIpc) is 3.56. The van der Waals surface area contributed by atoms with Crippen LogP contribution in [0.4, 0.5) is 0 Å². The molecule has 1 aliphatic rings. The van der Waals surface area contributed by atoms with Gasteiger partial charge in [-0.2, -0.15) is 0 Å². The van der Waals surface area contributed by atoms with Gasteiger partial charge >= 0.3 is 0 Å². The van der Waals surface area contributed by atoms with Gasteiger partial charge in [-0.3, -0.25) is 0 Å². The quantitative estimate of drug-likeness (QED) is 0.124. The maximum Gasteiger partial charge on any atom is 0.0165 e. The zero-order valence-electron chi connectivity index (χ0n) is 34.1. The third kappa shape index (κ3) is 4.82. The molecule has 0 saturated heterocycles. The Hall–Kier alpha value is -7.54. The van der Waals surface area contributed by atoms with E-state index in [1.807, 2.05) is 0 Å². The Balaban J connectivity index is 0.989. The molecule has 0 bridgehead atoms. The first-order chi connectivity index (χ1) is 30.0. The van der Waals surface area contributed by atoms with Gasteiger partial charge in [-0.05, 0) is 143 Å². The fourth-order valence-electron chi connectivity index (χ4n) is 11.3. The largest absolute Gasteiger partial charge is 0.0616 e. The van der Waals surface area contributed by atoms with E-state index in [1.165, 1.54) is 131 Å². The molecular formula is C61H40. The molecule has 284 valence electrons. The Morgan fingerprint density at radius 3 is 1.39 bits per heavy atom. The van der Waals surface area contributed by atoms with Gasteiger partial charge in [-0.1, -0.05) is 208 Å². The number of rotatable bonds is 3.